The minimum absolute atomic E-state index is 0.157. The highest BCUT2D eigenvalue weighted by Gasteiger charge is 2.51. The predicted octanol–water partition coefficient (Wildman–Crippen LogP) is 6.43. The minimum Gasteiger partial charge on any atom is -0.390 e. The molecule has 0 spiro atoms. The second-order valence-electron chi connectivity index (χ2n) is 16.0. The quantitative estimate of drug-likeness (QED) is 0.319. The zero-order chi connectivity index (χ0) is 27.4. The minimum atomic E-state index is -0.800. The van der Waals surface area contributed by atoms with Gasteiger partial charge in [-0.25, -0.2) is 0 Å². The van der Waals surface area contributed by atoms with Crippen molar-refractivity contribution >= 4 is 0 Å². The molecule has 3 aliphatic rings. The van der Waals surface area contributed by atoms with E-state index >= 15 is 0 Å². The highest BCUT2D eigenvalue weighted by atomic mass is 16.3. The van der Waals surface area contributed by atoms with E-state index in [9.17, 15) is 20.4 Å². The van der Waals surface area contributed by atoms with Gasteiger partial charge >= 0.3 is 0 Å². The van der Waals surface area contributed by atoms with Crippen molar-refractivity contribution in [2.24, 2.45) is 59.2 Å². The zero-order valence-corrected chi connectivity index (χ0v) is 25.2. The maximum absolute atomic E-state index is 11.9. The van der Waals surface area contributed by atoms with E-state index in [0.29, 0.717) is 35.5 Å². The lowest BCUT2D eigenvalue weighted by molar-refractivity contribution is -0.115. The molecule has 3 aliphatic carbocycles. The van der Waals surface area contributed by atoms with Gasteiger partial charge in [0.15, 0.2) is 0 Å². The normalized spacial score (nSPS) is 42.8. The maximum Gasteiger partial charge on any atom is 0.0650 e. The molecule has 0 heterocycles. The number of hydrogen-bond acceptors (Lipinski definition) is 4. The van der Waals surface area contributed by atoms with Gasteiger partial charge in [0.1, 0.15) is 0 Å². The van der Waals surface area contributed by atoms with Gasteiger partial charge in [0, 0.05) is 0 Å². The summed E-state index contributed by atoms with van der Waals surface area (Å²) in [4.78, 5) is 0. The van der Waals surface area contributed by atoms with Crippen LogP contribution in [-0.4, -0.2) is 42.8 Å². The summed E-state index contributed by atoms with van der Waals surface area (Å²) in [5, 5.41) is 44.7. The van der Waals surface area contributed by atoms with Crippen LogP contribution in [0.25, 0.3) is 0 Å². The third kappa shape index (κ3) is 6.88. The van der Waals surface area contributed by atoms with Crippen LogP contribution in [0.5, 0.6) is 0 Å². The molecule has 212 valence electrons. The molecule has 0 saturated heterocycles. The molecule has 0 aromatic heterocycles. The molecular formula is C32H60O4. The van der Waals surface area contributed by atoms with Crippen LogP contribution in [-0.2, 0) is 0 Å². The summed E-state index contributed by atoms with van der Waals surface area (Å²) in [6.07, 6.45) is 7.85. The SMILES string of the molecule is CC1CC(C(C)(C)O)CC(C(C)(O)CC2CC(C)C(C3CC(C(C)(C)O)CC3C)CC2C(C)(C)O)C1. The van der Waals surface area contributed by atoms with Gasteiger partial charge in [-0.3, -0.25) is 0 Å². The van der Waals surface area contributed by atoms with Gasteiger partial charge in [0.05, 0.1) is 22.4 Å². The Bertz CT molecular complexity index is 724. The van der Waals surface area contributed by atoms with E-state index in [1.165, 1.54) is 0 Å². The first kappa shape index (κ1) is 30.4. The molecule has 36 heavy (non-hydrogen) atoms. The number of rotatable bonds is 7. The largest absolute Gasteiger partial charge is 0.390 e. The van der Waals surface area contributed by atoms with Crippen molar-refractivity contribution in [1.29, 1.82) is 0 Å². The molecule has 0 amide bonds. The first-order chi connectivity index (χ1) is 16.2. The molecule has 0 radical (unpaired) electrons. The summed E-state index contributed by atoms with van der Waals surface area (Å²) in [5.41, 5.74) is -2.93. The summed E-state index contributed by atoms with van der Waals surface area (Å²) < 4.78 is 0. The predicted molar refractivity (Wildman–Crippen MR) is 148 cm³/mol. The highest BCUT2D eigenvalue weighted by molar-refractivity contribution is 5.01. The standard InChI is InChI=1S/C32H60O4/c1-19-11-23(29(4,5)33)15-25(12-19)32(10,36)18-22-13-20(2)27(17-28(22)31(8,9)35)26-16-24(14-21(26)3)30(6,7)34/h19-28,33-36H,11-18H2,1-10H3. The Hall–Kier alpha value is -0.160. The van der Waals surface area contributed by atoms with E-state index < -0.39 is 22.4 Å². The number of hydrogen-bond donors (Lipinski definition) is 4. The van der Waals surface area contributed by atoms with Gasteiger partial charge in [-0.05, 0) is 159 Å². The van der Waals surface area contributed by atoms with Crippen molar-refractivity contribution in [3.05, 3.63) is 0 Å². The fraction of sp³-hybridized carbons (Fsp3) is 1.00. The second kappa shape index (κ2) is 10.4. The molecule has 11 unspecified atom stereocenters. The zero-order valence-electron chi connectivity index (χ0n) is 25.2. The van der Waals surface area contributed by atoms with E-state index in [1.807, 2.05) is 48.5 Å². The molecule has 0 aromatic carbocycles. The van der Waals surface area contributed by atoms with Crippen LogP contribution in [0.3, 0.4) is 0 Å². The lowest BCUT2D eigenvalue weighted by Gasteiger charge is -2.51. The van der Waals surface area contributed by atoms with Crippen LogP contribution in [0.2, 0.25) is 0 Å². The van der Waals surface area contributed by atoms with Crippen LogP contribution in [0.15, 0.2) is 0 Å². The molecule has 4 nitrogen and oxygen atoms in total. The third-order valence-electron chi connectivity index (χ3n) is 11.4. The Balaban J connectivity index is 1.77. The van der Waals surface area contributed by atoms with Gasteiger partial charge in [0.2, 0.25) is 0 Å². The Labute approximate surface area is 222 Å². The lowest BCUT2D eigenvalue weighted by Crippen LogP contribution is -2.50. The van der Waals surface area contributed by atoms with E-state index in [0.717, 1.165) is 51.4 Å². The van der Waals surface area contributed by atoms with Crippen molar-refractivity contribution in [3.8, 4) is 0 Å². The average molecular weight is 509 g/mol. The number of aliphatic hydroxyl groups is 4. The molecule has 4 N–H and O–H groups in total. The van der Waals surface area contributed by atoms with Crippen LogP contribution < -0.4 is 0 Å². The summed E-state index contributed by atoms with van der Waals surface area (Å²) >= 11 is 0. The third-order valence-corrected chi connectivity index (χ3v) is 11.4. The van der Waals surface area contributed by atoms with E-state index in [-0.39, 0.29) is 23.7 Å². The van der Waals surface area contributed by atoms with Crippen LogP contribution in [0.1, 0.15) is 121 Å². The summed E-state index contributed by atoms with van der Waals surface area (Å²) in [6, 6.07) is 0. The van der Waals surface area contributed by atoms with Gasteiger partial charge in [-0.2, -0.15) is 0 Å². The van der Waals surface area contributed by atoms with Crippen molar-refractivity contribution in [2.75, 3.05) is 0 Å². The first-order valence-electron chi connectivity index (χ1n) is 15.1. The highest BCUT2D eigenvalue weighted by Crippen LogP contribution is 2.55. The van der Waals surface area contributed by atoms with Gasteiger partial charge in [-0.15, -0.1) is 0 Å². The Morgan fingerprint density at radius 1 is 0.528 bits per heavy atom. The molecule has 3 fully saturated rings. The summed E-state index contributed by atoms with van der Waals surface area (Å²) in [5.74, 6) is 3.97. The molecule has 0 aromatic rings. The van der Waals surface area contributed by atoms with Crippen molar-refractivity contribution in [3.63, 3.8) is 0 Å². The second-order valence-corrected chi connectivity index (χ2v) is 16.0. The average Bonchev–Trinajstić information content (AvgIpc) is 3.07. The lowest BCUT2D eigenvalue weighted by atomic mass is 9.56. The Morgan fingerprint density at radius 2 is 1.00 bits per heavy atom. The van der Waals surface area contributed by atoms with Gasteiger partial charge in [-0.1, -0.05) is 20.8 Å². The molecule has 4 heteroatoms. The first-order valence-corrected chi connectivity index (χ1v) is 15.1. The van der Waals surface area contributed by atoms with E-state index in [2.05, 4.69) is 20.8 Å². The van der Waals surface area contributed by atoms with Crippen molar-refractivity contribution < 1.29 is 20.4 Å². The van der Waals surface area contributed by atoms with Crippen molar-refractivity contribution in [1.82, 2.24) is 0 Å². The molecular weight excluding hydrogens is 448 g/mol. The topological polar surface area (TPSA) is 80.9 Å². The van der Waals surface area contributed by atoms with E-state index in [1.54, 1.807) is 0 Å². The fourth-order valence-electron chi connectivity index (χ4n) is 9.06. The Kier molecular flexibility index (Phi) is 8.80. The smallest absolute Gasteiger partial charge is 0.0650 e. The van der Waals surface area contributed by atoms with E-state index in [4.69, 9.17) is 0 Å². The molecule has 3 saturated carbocycles. The molecule has 0 aliphatic heterocycles. The molecule has 11 atom stereocenters. The summed E-state index contributed by atoms with van der Waals surface area (Å²) in [7, 11) is 0. The molecule has 3 rings (SSSR count). The van der Waals surface area contributed by atoms with Crippen molar-refractivity contribution in [2.45, 2.75) is 143 Å². The maximum atomic E-state index is 11.9. The Morgan fingerprint density at radius 3 is 1.50 bits per heavy atom. The van der Waals surface area contributed by atoms with Gasteiger partial charge < -0.3 is 20.4 Å². The monoisotopic (exact) mass is 508 g/mol. The molecule has 0 bridgehead atoms. The van der Waals surface area contributed by atoms with Crippen LogP contribution in [0, 0.1) is 59.2 Å². The van der Waals surface area contributed by atoms with Crippen LogP contribution >= 0.6 is 0 Å². The van der Waals surface area contributed by atoms with Gasteiger partial charge in [0.25, 0.3) is 0 Å². The van der Waals surface area contributed by atoms with Crippen LogP contribution in [0.4, 0.5) is 0 Å². The summed E-state index contributed by atoms with van der Waals surface area (Å²) in [6.45, 7) is 20.7. The fourth-order valence-corrected chi connectivity index (χ4v) is 9.06.